The molecule has 2 saturated heterocycles. The second-order valence-electron chi connectivity index (χ2n) is 5.39. The maximum absolute atomic E-state index is 11.1. The predicted octanol–water partition coefficient (Wildman–Crippen LogP) is 0.125. The molecule has 0 spiro atoms. The third kappa shape index (κ3) is 6.88. The lowest BCUT2D eigenvalue weighted by Gasteiger charge is -2.16. The van der Waals surface area contributed by atoms with E-state index >= 15 is 0 Å². The normalized spacial score (nSPS) is 26.3. The zero-order valence-corrected chi connectivity index (χ0v) is 14.3. The van der Waals surface area contributed by atoms with Gasteiger partial charge in [0.25, 0.3) is 0 Å². The number of carbonyl (C=O) groups excluding carboxylic acids is 1. The van der Waals surface area contributed by atoms with Crippen LogP contribution in [-0.2, 0) is 9.59 Å². The molecule has 23 heavy (non-hydrogen) atoms. The van der Waals surface area contributed by atoms with Gasteiger partial charge in [0, 0.05) is 23.2 Å². The van der Waals surface area contributed by atoms with Gasteiger partial charge in [0.05, 0.1) is 12.1 Å². The van der Waals surface area contributed by atoms with Crippen molar-refractivity contribution in [3.8, 4) is 0 Å². The van der Waals surface area contributed by atoms with Crippen molar-refractivity contribution in [1.29, 1.82) is 0 Å². The number of hydrogen-bond donors (Lipinski definition) is 6. The van der Waals surface area contributed by atoms with Gasteiger partial charge in [0.1, 0.15) is 6.04 Å². The number of carboxylic acid groups (broad SMARTS) is 2. The summed E-state index contributed by atoms with van der Waals surface area (Å²) in [5.41, 5.74) is 4.94. The molecule has 0 aromatic heterocycles. The quantitative estimate of drug-likeness (QED) is 0.214. The van der Waals surface area contributed by atoms with Gasteiger partial charge in [-0.25, -0.2) is 4.79 Å². The lowest BCUT2D eigenvalue weighted by atomic mass is 10.0. The Balaban J connectivity index is 0.000000322. The Kier molecular flexibility index (Phi) is 8.56. The first-order chi connectivity index (χ1) is 10.8. The number of unbranched alkanes of at least 4 members (excludes halogenated alkanes) is 1. The van der Waals surface area contributed by atoms with E-state index in [0.717, 1.165) is 25.0 Å². The molecule has 2 rings (SSSR count). The van der Waals surface area contributed by atoms with Gasteiger partial charge in [0.2, 0.25) is 0 Å². The molecule has 2 heterocycles. The summed E-state index contributed by atoms with van der Waals surface area (Å²) in [6, 6.07) is -0.376. The smallest absolute Gasteiger partial charge is 0.321 e. The Hall–Kier alpha value is -1.13. The van der Waals surface area contributed by atoms with Crippen LogP contribution in [0.5, 0.6) is 0 Å². The van der Waals surface area contributed by atoms with Crippen LogP contribution in [0, 0.1) is 0 Å². The van der Waals surface area contributed by atoms with Crippen molar-refractivity contribution in [1.82, 2.24) is 10.6 Å². The second-order valence-corrected chi connectivity index (χ2v) is 7.03. The van der Waals surface area contributed by atoms with Gasteiger partial charge >= 0.3 is 18.0 Å². The van der Waals surface area contributed by atoms with Gasteiger partial charge in [0.15, 0.2) is 0 Å². The molecule has 0 bridgehead atoms. The summed E-state index contributed by atoms with van der Waals surface area (Å²) in [5.74, 6) is -0.578. The number of thiol groups is 1. The molecule has 0 aromatic rings. The molecular weight excluding hydrogens is 342 g/mol. The summed E-state index contributed by atoms with van der Waals surface area (Å²) in [4.78, 5) is 31.2. The van der Waals surface area contributed by atoms with Crippen LogP contribution in [0.3, 0.4) is 0 Å². The third-order valence-electron chi connectivity index (χ3n) is 3.58. The van der Waals surface area contributed by atoms with E-state index in [9.17, 15) is 14.4 Å². The molecule has 0 radical (unpaired) electrons. The molecule has 10 heteroatoms. The van der Waals surface area contributed by atoms with Crippen molar-refractivity contribution in [2.75, 3.05) is 11.5 Å². The maximum atomic E-state index is 11.1. The number of carboxylic acids is 2. The average molecular weight is 365 g/mol. The largest absolute Gasteiger partial charge is 0.481 e. The van der Waals surface area contributed by atoms with Gasteiger partial charge in [-0.2, -0.15) is 24.4 Å². The SMILES string of the molecule is NC(CS)C(=O)O.O=C(O)CCCC[C@@H]1SC[C@@H]2NC(=O)N[C@@H]21. The van der Waals surface area contributed by atoms with Crippen molar-refractivity contribution < 1.29 is 24.6 Å². The van der Waals surface area contributed by atoms with Crippen LogP contribution < -0.4 is 16.4 Å². The summed E-state index contributed by atoms with van der Waals surface area (Å²) in [6.45, 7) is 0. The Morgan fingerprint density at radius 2 is 2.04 bits per heavy atom. The molecule has 132 valence electrons. The highest BCUT2D eigenvalue weighted by molar-refractivity contribution is 8.00. The minimum absolute atomic E-state index is 0.0640. The van der Waals surface area contributed by atoms with Crippen molar-refractivity contribution in [2.24, 2.45) is 5.73 Å². The molecule has 1 unspecified atom stereocenters. The highest BCUT2D eigenvalue weighted by atomic mass is 32.2. The number of thioether (sulfide) groups is 1. The van der Waals surface area contributed by atoms with Crippen molar-refractivity contribution in [2.45, 2.75) is 49.1 Å². The van der Waals surface area contributed by atoms with Crippen LogP contribution in [0.4, 0.5) is 4.79 Å². The lowest BCUT2D eigenvalue weighted by Crippen LogP contribution is -2.36. The van der Waals surface area contributed by atoms with Crippen LogP contribution in [0.1, 0.15) is 25.7 Å². The van der Waals surface area contributed by atoms with E-state index in [-0.39, 0.29) is 30.3 Å². The van der Waals surface area contributed by atoms with Crippen LogP contribution >= 0.6 is 24.4 Å². The summed E-state index contributed by atoms with van der Waals surface area (Å²) < 4.78 is 0. The Labute approximate surface area is 144 Å². The molecule has 6 N–H and O–H groups in total. The number of aliphatic carboxylic acids is 2. The molecule has 8 nitrogen and oxygen atoms in total. The second kappa shape index (κ2) is 9.89. The zero-order chi connectivity index (χ0) is 17.4. The average Bonchev–Trinajstić information content (AvgIpc) is 3.02. The van der Waals surface area contributed by atoms with Crippen molar-refractivity contribution >= 4 is 42.4 Å². The number of fused-ring (bicyclic) bond motifs is 1. The van der Waals surface area contributed by atoms with E-state index < -0.39 is 18.0 Å². The van der Waals surface area contributed by atoms with E-state index in [2.05, 4.69) is 23.3 Å². The molecule has 0 saturated carbocycles. The third-order valence-corrected chi connectivity index (χ3v) is 5.48. The monoisotopic (exact) mass is 365 g/mol. The van der Waals surface area contributed by atoms with Crippen molar-refractivity contribution in [3.05, 3.63) is 0 Å². The summed E-state index contributed by atoms with van der Waals surface area (Å²) in [6.07, 6.45) is 2.88. The number of nitrogens with two attached hydrogens (primary N) is 1. The molecule has 4 atom stereocenters. The fraction of sp³-hybridized carbons (Fsp3) is 0.769. The Morgan fingerprint density at radius 3 is 2.57 bits per heavy atom. The van der Waals surface area contributed by atoms with E-state index in [0.29, 0.717) is 5.25 Å². The summed E-state index contributed by atoms with van der Waals surface area (Å²) >= 11 is 5.52. The van der Waals surface area contributed by atoms with Crippen LogP contribution in [0.2, 0.25) is 0 Å². The highest BCUT2D eigenvalue weighted by Crippen LogP contribution is 2.33. The number of nitrogens with one attached hydrogen (secondary N) is 2. The minimum atomic E-state index is -1.00. The molecule has 0 aromatic carbocycles. The summed E-state index contributed by atoms with van der Waals surface area (Å²) in [5, 5.41) is 22.8. The number of amides is 2. The van der Waals surface area contributed by atoms with Crippen molar-refractivity contribution in [3.63, 3.8) is 0 Å². The topological polar surface area (TPSA) is 142 Å². The molecule has 2 aliphatic heterocycles. The first kappa shape index (κ1) is 19.9. The highest BCUT2D eigenvalue weighted by Gasteiger charge is 2.42. The Morgan fingerprint density at radius 1 is 1.35 bits per heavy atom. The number of hydrogen-bond acceptors (Lipinski definition) is 6. The van der Waals surface area contributed by atoms with Gasteiger partial charge in [-0.1, -0.05) is 6.42 Å². The number of rotatable bonds is 7. The number of carbonyl (C=O) groups is 3. The van der Waals surface area contributed by atoms with E-state index in [1.807, 2.05) is 11.8 Å². The first-order valence-corrected chi connectivity index (χ1v) is 9.03. The van der Waals surface area contributed by atoms with E-state index in [4.69, 9.17) is 15.9 Å². The maximum Gasteiger partial charge on any atom is 0.321 e. The minimum Gasteiger partial charge on any atom is -0.481 e. The standard InChI is InChI=1S/C10H16N2O3S.C3H7NO2S/c13-8(14)4-2-1-3-7-9-6(5-16-7)11-10(15)12-9;4-2(1-7)3(5)6/h6-7,9H,1-5H2,(H,13,14)(H2,11,12,15);2,7H,1,4H2,(H,5,6)/t6-,7-,9-;/m0./s1. The van der Waals surface area contributed by atoms with Crippen LogP contribution in [0.15, 0.2) is 0 Å². The molecule has 0 aliphatic carbocycles. The van der Waals surface area contributed by atoms with E-state index in [1.54, 1.807) is 0 Å². The fourth-order valence-corrected chi connectivity index (χ4v) is 4.04. The summed E-state index contributed by atoms with van der Waals surface area (Å²) in [7, 11) is 0. The molecule has 2 fully saturated rings. The first-order valence-electron chi connectivity index (χ1n) is 7.34. The van der Waals surface area contributed by atoms with Gasteiger partial charge in [-0.05, 0) is 12.8 Å². The molecule has 2 amide bonds. The van der Waals surface area contributed by atoms with E-state index in [1.165, 1.54) is 0 Å². The number of urea groups is 1. The zero-order valence-electron chi connectivity index (χ0n) is 12.6. The lowest BCUT2D eigenvalue weighted by molar-refractivity contribution is -0.138. The molecular formula is C13H23N3O5S2. The van der Waals surface area contributed by atoms with Gasteiger partial charge in [-0.15, -0.1) is 0 Å². The van der Waals surface area contributed by atoms with Gasteiger partial charge < -0.3 is 26.6 Å². The molecule has 2 aliphatic rings. The van der Waals surface area contributed by atoms with Gasteiger partial charge in [-0.3, -0.25) is 9.59 Å². The van der Waals surface area contributed by atoms with Crippen LogP contribution in [0.25, 0.3) is 0 Å². The predicted molar refractivity (Wildman–Crippen MR) is 91.1 cm³/mol. The van der Waals surface area contributed by atoms with Crippen LogP contribution in [-0.4, -0.2) is 63.1 Å². The Bertz CT molecular complexity index is 438. The fourth-order valence-electron chi connectivity index (χ4n) is 2.34.